The molecule has 1 N–H and O–H groups in total. The highest BCUT2D eigenvalue weighted by Crippen LogP contribution is 2.26. The largest absolute Gasteiger partial charge is 0.478 e. The molecule has 0 fully saturated rings. The smallest absolute Gasteiger partial charge is 0.340 e. The van der Waals surface area contributed by atoms with Crippen LogP contribution < -0.4 is 0 Å². The number of aromatic nitrogens is 2. The average Bonchev–Trinajstić information content (AvgIpc) is 2.53. The summed E-state index contributed by atoms with van der Waals surface area (Å²) in [5.41, 5.74) is 0.710. The van der Waals surface area contributed by atoms with Crippen molar-refractivity contribution >= 4 is 17.6 Å². The zero-order valence-electron chi connectivity index (χ0n) is 9.83. The van der Waals surface area contributed by atoms with Gasteiger partial charge >= 0.3 is 5.97 Å². The molecule has 0 bridgehead atoms. The number of halogens is 1. The zero-order chi connectivity index (χ0) is 12.3. The van der Waals surface area contributed by atoms with Gasteiger partial charge in [0.15, 0.2) is 0 Å². The lowest BCUT2D eigenvalue weighted by molar-refractivity contribution is 0.0695. The lowest BCUT2D eigenvalue weighted by atomic mass is 10.1. The highest BCUT2D eigenvalue weighted by molar-refractivity contribution is 6.32. The molecule has 0 aromatic carbocycles. The van der Waals surface area contributed by atoms with Crippen molar-refractivity contribution in [3.63, 3.8) is 0 Å². The molecule has 0 aliphatic rings. The van der Waals surface area contributed by atoms with Gasteiger partial charge in [-0.2, -0.15) is 5.10 Å². The molecule has 0 atom stereocenters. The maximum atomic E-state index is 11.1. The van der Waals surface area contributed by atoms with Crippen LogP contribution in [0.1, 0.15) is 55.6 Å². The first kappa shape index (κ1) is 13.0. The van der Waals surface area contributed by atoms with Crippen LogP contribution in [0, 0.1) is 0 Å². The van der Waals surface area contributed by atoms with Gasteiger partial charge < -0.3 is 5.11 Å². The molecule has 0 amide bonds. The molecule has 0 radical (unpaired) electrons. The van der Waals surface area contributed by atoms with Gasteiger partial charge in [-0.1, -0.05) is 38.8 Å². The topological polar surface area (TPSA) is 55.1 Å². The Morgan fingerprint density at radius 2 is 2.19 bits per heavy atom. The summed E-state index contributed by atoms with van der Waals surface area (Å²) >= 11 is 6.02. The van der Waals surface area contributed by atoms with Crippen LogP contribution in [0.4, 0.5) is 0 Å². The molecule has 0 spiro atoms. The van der Waals surface area contributed by atoms with Gasteiger partial charge in [-0.05, 0) is 12.3 Å². The molecule has 16 heavy (non-hydrogen) atoms. The standard InChI is InChI=1S/C11H17ClN2O2/c1-4-5-6-14-10(12)8(11(15)16)9(13-14)7(2)3/h7H,4-6H2,1-3H3,(H,15,16). The van der Waals surface area contributed by atoms with Crippen molar-refractivity contribution in [2.45, 2.75) is 46.1 Å². The van der Waals surface area contributed by atoms with Gasteiger partial charge in [0.05, 0.1) is 5.69 Å². The predicted molar refractivity (Wildman–Crippen MR) is 63.2 cm³/mol. The first-order valence-corrected chi connectivity index (χ1v) is 5.86. The maximum Gasteiger partial charge on any atom is 0.340 e. The van der Waals surface area contributed by atoms with Crippen molar-refractivity contribution in [3.8, 4) is 0 Å². The van der Waals surface area contributed by atoms with Gasteiger partial charge in [0.25, 0.3) is 0 Å². The number of carboxylic acid groups (broad SMARTS) is 1. The van der Waals surface area contributed by atoms with Gasteiger partial charge in [0.1, 0.15) is 10.7 Å². The lowest BCUT2D eigenvalue weighted by Crippen LogP contribution is -2.02. The lowest BCUT2D eigenvalue weighted by Gasteiger charge is -2.01. The van der Waals surface area contributed by atoms with E-state index in [4.69, 9.17) is 16.7 Å². The predicted octanol–water partition coefficient (Wildman–Crippen LogP) is 3.16. The third-order valence-corrected chi connectivity index (χ3v) is 2.79. The SMILES string of the molecule is CCCCn1nc(C(C)C)c(C(=O)O)c1Cl. The number of aromatic carboxylic acids is 1. The molecule has 1 aromatic rings. The van der Waals surface area contributed by atoms with E-state index in [9.17, 15) is 4.79 Å². The third kappa shape index (κ3) is 2.55. The van der Waals surface area contributed by atoms with Crippen molar-refractivity contribution in [3.05, 3.63) is 16.4 Å². The molecular formula is C11H17ClN2O2. The van der Waals surface area contributed by atoms with E-state index in [1.807, 2.05) is 13.8 Å². The van der Waals surface area contributed by atoms with E-state index >= 15 is 0 Å². The Balaban J connectivity index is 3.14. The number of hydrogen-bond acceptors (Lipinski definition) is 2. The second-order valence-corrected chi connectivity index (χ2v) is 4.45. The number of aryl methyl sites for hydroxylation is 1. The molecule has 0 unspecified atom stereocenters. The normalized spacial score (nSPS) is 11.1. The molecular weight excluding hydrogens is 228 g/mol. The molecule has 1 aromatic heterocycles. The molecule has 1 heterocycles. The van der Waals surface area contributed by atoms with Crippen molar-refractivity contribution in [2.24, 2.45) is 0 Å². The summed E-state index contributed by atoms with van der Waals surface area (Å²) in [6, 6.07) is 0. The van der Waals surface area contributed by atoms with E-state index in [1.165, 1.54) is 0 Å². The van der Waals surface area contributed by atoms with Gasteiger partial charge in [-0.25, -0.2) is 4.79 Å². The van der Waals surface area contributed by atoms with Crippen LogP contribution in [0.2, 0.25) is 5.15 Å². The van der Waals surface area contributed by atoms with Crippen molar-refractivity contribution < 1.29 is 9.90 Å². The Morgan fingerprint density at radius 3 is 2.56 bits per heavy atom. The minimum absolute atomic E-state index is 0.0616. The van der Waals surface area contributed by atoms with Crippen LogP contribution >= 0.6 is 11.6 Å². The molecule has 90 valence electrons. The summed E-state index contributed by atoms with van der Waals surface area (Å²) in [5, 5.41) is 13.6. The van der Waals surface area contributed by atoms with Crippen molar-refractivity contribution in [1.29, 1.82) is 0 Å². The van der Waals surface area contributed by atoms with Gasteiger partial charge in [0.2, 0.25) is 0 Å². The van der Waals surface area contributed by atoms with Crippen molar-refractivity contribution in [1.82, 2.24) is 9.78 Å². The molecule has 0 saturated heterocycles. The Morgan fingerprint density at radius 1 is 1.56 bits per heavy atom. The molecule has 1 rings (SSSR count). The van der Waals surface area contributed by atoms with Crippen LogP contribution in [0.25, 0.3) is 0 Å². The number of unbranched alkanes of at least 4 members (excludes halogenated alkanes) is 1. The van der Waals surface area contributed by atoms with Crippen LogP contribution in [-0.4, -0.2) is 20.9 Å². The maximum absolute atomic E-state index is 11.1. The van der Waals surface area contributed by atoms with Crippen LogP contribution in [-0.2, 0) is 6.54 Å². The number of nitrogens with zero attached hydrogens (tertiary/aromatic N) is 2. The van der Waals surface area contributed by atoms with E-state index in [1.54, 1.807) is 4.68 Å². The Labute approximate surface area is 100 Å². The minimum Gasteiger partial charge on any atom is -0.478 e. The molecule has 0 aliphatic carbocycles. The third-order valence-electron chi connectivity index (χ3n) is 2.40. The first-order chi connectivity index (χ1) is 7.49. The number of rotatable bonds is 5. The molecule has 4 nitrogen and oxygen atoms in total. The molecule has 0 saturated carbocycles. The fraction of sp³-hybridized carbons (Fsp3) is 0.636. The summed E-state index contributed by atoms with van der Waals surface area (Å²) in [6.45, 7) is 6.56. The van der Waals surface area contributed by atoms with Crippen molar-refractivity contribution in [2.75, 3.05) is 0 Å². The van der Waals surface area contributed by atoms with E-state index in [2.05, 4.69) is 12.0 Å². The summed E-state index contributed by atoms with van der Waals surface area (Å²) in [7, 11) is 0. The quantitative estimate of drug-likeness (QED) is 0.866. The average molecular weight is 245 g/mol. The van der Waals surface area contributed by atoms with Gasteiger partial charge in [-0.15, -0.1) is 0 Å². The number of carbonyl (C=O) groups is 1. The molecule has 0 aliphatic heterocycles. The Bertz CT molecular complexity index is 386. The fourth-order valence-electron chi connectivity index (χ4n) is 1.52. The van der Waals surface area contributed by atoms with Gasteiger partial charge in [-0.3, -0.25) is 4.68 Å². The summed E-state index contributed by atoms with van der Waals surface area (Å²) < 4.78 is 1.59. The highest BCUT2D eigenvalue weighted by Gasteiger charge is 2.23. The van der Waals surface area contributed by atoms with E-state index in [0.717, 1.165) is 12.8 Å². The first-order valence-electron chi connectivity index (χ1n) is 5.48. The van der Waals surface area contributed by atoms with Gasteiger partial charge in [0, 0.05) is 6.54 Å². The van der Waals surface area contributed by atoms with E-state index < -0.39 is 5.97 Å². The second-order valence-electron chi connectivity index (χ2n) is 4.09. The minimum atomic E-state index is -1.00. The highest BCUT2D eigenvalue weighted by atomic mass is 35.5. The van der Waals surface area contributed by atoms with Crippen LogP contribution in [0.5, 0.6) is 0 Å². The molecule has 5 heteroatoms. The van der Waals surface area contributed by atoms with Crippen LogP contribution in [0.3, 0.4) is 0 Å². The van der Waals surface area contributed by atoms with E-state index in [-0.39, 0.29) is 16.6 Å². The monoisotopic (exact) mass is 244 g/mol. The zero-order valence-corrected chi connectivity index (χ0v) is 10.6. The van der Waals surface area contributed by atoms with Crippen LogP contribution in [0.15, 0.2) is 0 Å². The summed E-state index contributed by atoms with van der Waals surface area (Å²) in [4.78, 5) is 11.1. The second kappa shape index (κ2) is 5.34. The number of carboxylic acids is 1. The Hall–Kier alpha value is -1.03. The van der Waals surface area contributed by atoms with E-state index in [0.29, 0.717) is 12.2 Å². The Kier molecular flexibility index (Phi) is 4.35. The summed E-state index contributed by atoms with van der Waals surface area (Å²) in [5.74, 6) is -0.942. The fourth-order valence-corrected chi connectivity index (χ4v) is 1.82. The number of hydrogen-bond donors (Lipinski definition) is 1. The summed E-state index contributed by atoms with van der Waals surface area (Å²) in [6.07, 6.45) is 1.97.